The maximum Gasteiger partial charge on any atom is 0.573 e. The van der Waals surface area contributed by atoms with Crippen LogP contribution in [-0.2, 0) is 6.42 Å². The summed E-state index contributed by atoms with van der Waals surface area (Å²) >= 11 is 0. The molecular weight excluding hydrogens is 435 g/mol. The number of allylic oxidation sites excluding steroid dienone is 1. The molecule has 0 atom stereocenters. The van der Waals surface area contributed by atoms with Crippen LogP contribution >= 0.6 is 0 Å². The number of alkyl halides is 3. The van der Waals surface area contributed by atoms with Crippen LogP contribution in [0.5, 0.6) is 5.75 Å². The Labute approximate surface area is 187 Å². The first-order valence-electron chi connectivity index (χ1n) is 10.2. The summed E-state index contributed by atoms with van der Waals surface area (Å²) < 4.78 is 70.9. The largest absolute Gasteiger partial charge is 0.573 e. The predicted molar refractivity (Wildman–Crippen MR) is 120 cm³/mol. The monoisotopic (exact) mass is 454 g/mol. The van der Waals surface area contributed by atoms with E-state index < -0.39 is 23.7 Å². The SMILES string of the molecule is C=CCCc1ccc2c(F)c(-c3ccc(-c4ccc(OC(F)(F)F)cc4)c(F)c3)ccc2c1. The molecular formula is C27H19F5O. The van der Waals surface area contributed by atoms with E-state index in [9.17, 15) is 17.6 Å². The van der Waals surface area contributed by atoms with Gasteiger partial charge in [0.25, 0.3) is 0 Å². The molecule has 1 nitrogen and oxygen atoms in total. The number of aryl methyl sites for hydroxylation is 1. The van der Waals surface area contributed by atoms with Crippen molar-refractivity contribution in [1.29, 1.82) is 0 Å². The zero-order chi connectivity index (χ0) is 23.6. The summed E-state index contributed by atoms with van der Waals surface area (Å²) in [6, 6.07) is 18.1. The molecule has 4 rings (SSSR count). The second-order valence-corrected chi connectivity index (χ2v) is 7.58. The molecule has 0 heterocycles. The van der Waals surface area contributed by atoms with E-state index in [0.29, 0.717) is 16.5 Å². The van der Waals surface area contributed by atoms with Crippen LogP contribution in [0.15, 0.2) is 85.5 Å². The lowest BCUT2D eigenvalue weighted by molar-refractivity contribution is -0.274. The van der Waals surface area contributed by atoms with Crippen molar-refractivity contribution in [3.8, 4) is 28.0 Å². The predicted octanol–water partition coefficient (Wildman–Crippen LogP) is 8.47. The van der Waals surface area contributed by atoms with Crippen LogP contribution in [0.25, 0.3) is 33.0 Å². The van der Waals surface area contributed by atoms with Crippen molar-refractivity contribution in [2.45, 2.75) is 19.2 Å². The Morgan fingerprint density at radius 1 is 0.788 bits per heavy atom. The van der Waals surface area contributed by atoms with E-state index in [1.165, 1.54) is 24.3 Å². The van der Waals surface area contributed by atoms with E-state index in [1.807, 2.05) is 18.2 Å². The highest BCUT2D eigenvalue weighted by Gasteiger charge is 2.31. The lowest BCUT2D eigenvalue weighted by atomic mass is 9.96. The number of halogens is 5. The summed E-state index contributed by atoms with van der Waals surface area (Å²) in [5, 5.41) is 1.20. The quantitative estimate of drug-likeness (QED) is 0.210. The molecule has 0 unspecified atom stereocenters. The van der Waals surface area contributed by atoms with Gasteiger partial charge < -0.3 is 4.74 Å². The number of hydrogen-bond acceptors (Lipinski definition) is 1. The minimum atomic E-state index is -4.80. The fourth-order valence-corrected chi connectivity index (χ4v) is 3.74. The van der Waals surface area contributed by atoms with Crippen molar-refractivity contribution < 1.29 is 26.7 Å². The molecule has 33 heavy (non-hydrogen) atoms. The second-order valence-electron chi connectivity index (χ2n) is 7.58. The molecule has 0 radical (unpaired) electrons. The van der Waals surface area contributed by atoms with Crippen molar-refractivity contribution in [2.24, 2.45) is 0 Å². The van der Waals surface area contributed by atoms with Crippen molar-refractivity contribution >= 4 is 10.8 Å². The van der Waals surface area contributed by atoms with Gasteiger partial charge in [0.05, 0.1) is 0 Å². The third-order valence-corrected chi connectivity index (χ3v) is 5.33. The first kappa shape index (κ1) is 22.5. The molecule has 0 amide bonds. The summed E-state index contributed by atoms with van der Waals surface area (Å²) in [6.07, 6.45) is -1.32. The van der Waals surface area contributed by atoms with Crippen molar-refractivity contribution in [3.63, 3.8) is 0 Å². The molecule has 4 aromatic carbocycles. The zero-order valence-electron chi connectivity index (χ0n) is 17.4. The Bertz CT molecular complexity index is 1310. The summed E-state index contributed by atoms with van der Waals surface area (Å²) in [4.78, 5) is 0. The normalized spacial score (nSPS) is 11.5. The molecule has 0 bridgehead atoms. The summed E-state index contributed by atoms with van der Waals surface area (Å²) in [5.74, 6) is -1.45. The van der Waals surface area contributed by atoms with Crippen LogP contribution < -0.4 is 4.74 Å². The molecule has 0 saturated carbocycles. The number of rotatable bonds is 6. The first-order chi connectivity index (χ1) is 15.7. The minimum Gasteiger partial charge on any atom is -0.406 e. The smallest absolute Gasteiger partial charge is 0.406 e. The second kappa shape index (κ2) is 9.06. The van der Waals surface area contributed by atoms with Gasteiger partial charge in [-0.25, -0.2) is 8.78 Å². The van der Waals surface area contributed by atoms with Crippen LogP contribution in [-0.4, -0.2) is 6.36 Å². The molecule has 0 aromatic heterocycles. The van der Waals surface area contributed by atoms with Gasteiger partial charge in [-0.05, 0) is 53.1 Å². The van der Waals surface area contributed by atoms with Crippen LogP contribution in [0.3, 0.4) is 0 Å². The Morgan fingerprint density at radius 3 is 2.15 bits per heavy atom. The molecule has 4 aromatic rings. The van der Waals surface area contributed by atoms with E-state index in [2.05, 4.69) is 11.3 Å². The van der Waals surface area contributed by atoms with Crippen molar-refractivity contribution in [1.82, 2.24) is 0 Å². The van der Waals surface area contributed by atoms with Crippen LogP contribution in [0.4, 0.5) is 22.0 Å². The van der Waals surface area contributed by atoms with Crippen molar-refractivity contribution in [2.75, 3.05) is 0 Å². The molecule has 0 saturated heterocycles. The lowest BCUT2D eigenvalue weighted by Crippen LogP contribution is -2.16. The molecule has 0 fully saturated rings. The fraction of sp³-hybridized carbons (Fsp3) is 0.111. The van der Waals surface area contributed by atoms with Crippen LogP contribution in [0.2, 0.25) is 0 Å². The third-order valence-electron chi connectivity index (χ3n) is 5.33. The standard InChI is InChI=1S/C27H19F5O/c1-2-3-4-17-5-12-23-19(15-17)9-14-24(26(23)29)20-8-13-22(25(28)16-20)18-6-10-21(11-7-18)33-27(30,31)32/h2,5-16H,1,3-4H2. The first-order valence-corrected chi connectivity index (χ1v) is 10.2. The maximum absolute atomic E-state index is 15.2. The molecule has 0 aliphatic rings. The van der Waals surface area contributed by atoms with E-state index >= 15 is 4.39 Å². The number of benzene rings is 4. The van der Waals surface area contributed by atoms with E-state index in [1.54, 1.807) is 24.3 Å². The van der Waals surface area contributed by atoms with Gasteiger partial charge in [-0.1, -0.05) is 60.7 Å². The number of ether oxygens (including phenoxy) is 1. The van der Waals surface area contributed by atoms with E-state index in [-0.39, 0.29) is 11.1 Å². The minimum absolute atomic E-state index is 0.186. The highest BCUT2D eigenvalue weighted by atomic mass is 19.4. The number of hydrogen-bond donors (Lipinski definition) is 0. The van der Waals surface area contributed by atoms with Crippen LogP contribution in [0.1, 0.15) is 12.0 Å². The molecule has 6 heteroatoms. The highest BCUT2D eigenvalue weighted by Crippen LogP contribution is 2.33. The van der Waals surface area contributed by atoms with Crippen LogP contribution in [0, 0.1) is 11.6 Å². The Balaban J connectivity index is 1.63. The van der Waals surface area contributed by atoms with Gasteiger partial charge in [0.15, 0.2) is 0 Å². The van der Waals surface area contributed by atoms with Gasteiger partial charge in [-0.3, -0.25) is 0 Å². The average molecular weight is 454 g/mol. The topological polar surface area (TPSA) is 9.23 Å². The average Bonchev–Trinajstić information content (AvgIpc) is 2.77. The van der Waals surface area contributed by atoms with Gasteiger partial charge >= 0.3 is 6.36 Å². The fourth-order valence-electron chi connectivity index (χ4n) is 3.74. The summed E-state index contributed by atoms with van der Waals surface area (Å²) in [6.45, 7) is 3.71. The summed E-state index contributed by atoms with van der Waals surface area (Å²) in [5.41, 5.74) is 2.27. The van der Waals surface area contributed by atoms with Gasteiger partial charge in [0, 0.05) is 16.5 Å². The zero-order valence-corrected chi connectivity index (χ0v) is 17.4. The number of fused-ring (bicyclic) bond motifs is 1. The Morgan fingerprint density at radius 2 is 1.48 bits per heavy atom. The molecule has 0 N–H and O–H groups in total. The van der Waals surface area contributed by atoms with Gasteiger partial charge in [-0.15, -0.1) is 19.8 Å². The summed E-state index contributed by atoms with van der Waals surface area (Å²) in [7, 11) is 0. The Kier molecular flexibility index (Phi) is 6.18. The Hall–Kier alpha value is -3.67. The van der Waals surface area contributed by atoms with Crippen molar-refractivity contribution in [3.05, 3.63) is 103 Å². The van der Waals surface area contributed by atoms with E-state index in [0.717, 1.165) is 35.9 Å². The lowest BCUT2D eigenvalue weighted by Gasteiger charge is -2.11. The van der Waals surface area contributed by atoms with Gasteiger partial charge in [0.1, 0.15) is 17.4 Å². The van der Waals surface area contributed by atoms with Gasteiger partial charge in [0.2, 0.25) is 0 Å². The van der Waals surface area contributed by atoms with E-state index in [4.69, 9.17) is 0 Å². The highest BCUT2D eigenvalue weighted by molar-refractivity contribution is 5.89. The maximum atomic E-state index is 15.2. The molecule has 0 aliphatic carbocycles. The molecule has 168 valence electrons. The molecule has 0 aliphatic heterocycles. The third kappa shape index (κ3) is 5.06. The van der Waals surface area contributed by atoms with Gasteiger partial charge in [-0.2, -0.15) is 0 Å². The molecule has 0 spiro atoms.